The van der Waals surface area contributed by atoms with Gasteiger partial charge in [-0.15, -0.1) is 0 Å². The van der Waals surface area contributed by atoms with Crippen molar-refractivity contribution in [3.63, 3.8) is 0 Å². The molecule has 1 aliphatic carbocycles. The van der Waals surface area contributed by atoms with Gasteiger partial charge in [-0.1, -0.05) is 48.6 Å². The Balaban J connectivity index is 1.92. The van der Waals surface area contributed by atoms with E-state index in [4.69, 9.17) is 5.11 Å². The molecular formula is C19H18O3S. The number of hydrogen-bond acceptors (Lipinski definition) is 3. The highest BCUT2D eigenvalue weighted by atomic mass is 32.2. The predicted molar refractivity (Wildman–Crippen MR) is 92.5 cm³/mol. The fourth-order valence-corrected chi connectivity index (χ4v) is 3.36. The van der Waals surface area contributed by atoms with Crippen LogP contribution in [0.25, 0.3) is 11.1 Å². The summed E-state index contributed by atoms with van der Waals surface area (Å²) in [6.45, 7) is 0.0367. The Bertz CT molecular complexity index is 871. The third-order valence-electron chi connectivity index (χ3n) is 3.98. The van der Waals surface area contributed by atoms with Gasteiger partial charge in [0.2, 0.25) is 0 Å². The van der Waals surface area contributed by atoms with Crippen molar-refractivity contribution in [2.75, 3.05) is 6.26 Å². The number of benzene rings is 2. The van der Waals surface area contributed by atoms with Crippen LogP contribution in [0.4, 0.5) is 0 Å². The first-order valence-electron chi connectivity index (χ1n) is 7.40. The second kappa shape index (κ2) is 6.14. The molecule has 1 aliphatic rings. The molecule has 0 aliphatic heterocycles. The maximum Gasteiger partial charge on any atom is 0.175 e. The summed E-state index contributed by atoms with van der Waals surface area (Å²) in [4.78, 5) is 0.331. The molecule has 0 atom stereocenters. The molecule has 2 aromatic carbocycles. The van der Waals surface area contributed by atoms with Gasteiger partial charge in [0, 0.05) is 6.26 Å². The van der Waals surface area contributed by atoms with Crippen molar-refractivity contribution in [1.29, 1.82) is 0 Å². The monoisotopic (exact) mass is 326 g/mol. The van der Waals surface area contributed by atoms with E-state index in [0.29, 0.717) is 4.90 Å². The summed E-state index contributed by atoms with van der Waals surface area (Å²) in [5, 5.41) is 9.14. The third kappa shape index (κ3) is 3.28. The lowest BCUT2D eigenvalue weighted by atomic mass is 9.94. The normalized spacial score (nSPS) is 14.5. The van der Waals surface area contributed by atoms with E-state index in [0.717, 1.165) is 34.3 Å². The van der Waals surface area contributed by atoms with E-state index in [1.165, 1.54) is 6.26 Å². The lowest BCUT2D eigenvalue weighted by molar-refractivity contribution is 0.282. The van der Waals surface area contributed by atoms with Crippen LogP contribution in [-0.2, 0) is 16.4 Å². The number of allylic oxidation sites excluding steroid dienone is 4. The first kappa shape index (κ1) is 15.7. The Morgan fingerprint density at radius 3 is 1.78 bits per heavy atom. The zero-order valence-electron chi connectivity index (χ0n) is 12.9. The molecule has 4 heteroatoms. The molecule has 0 fully saturated rings. The van der Waals surface area contributed by atoms with Crippen molar-refractivity contribution in [2.45, 2.75) is 17.9 Å². The van der Waals surface area contributed by atoms with E-state index in [2.05, 4.69) is 12.2 Å². The number of aliphatic hydroxyl groups excluding tert-OH is 1. The predicted octanol–water partition coefficient (Wildman–Crippen LogP) is 3.45. The smallest absolute Gasteiger partial charge is 0.175 e. The van der Waals surface area contributed by atoms with E-state index in [1.807, 2.05) is 36.4 Å². The molecule has 3 nitrogen and oxygen atoms in total. The van der Waals surface area contributed by atoms with E-state index in [1.54, 1.807) is 12.1 Å². The molecule has 3 rings (SSSR count). The van der Waals surface area contributed by atoms with Gasteiger partial charge < -0.3 is 5.11 Å². The zero-order chi connectivity index (χ0) is 16.4. The lowest BCUT2D eigenvalue weighted by Gasteiger charge is -2.11. The van der Waals surface area contributed by atoms with Crippen LogP contribution in [0.15, 0.2) is 65.6 Å². The van der Waals surface area contributed by atoms with Gasteiger partial charge in [-0.25, -0.2) is 8.42 Å². The maximum absolute atomic E-state index is 11.6. The Labute approximate surface area is 136 Å². The average molecular weight is 326 g/mol. The molecule has 118 valence electrons. The van der Waals surface area contributed by atoms with Gasteiger partial charge in [0.15, 0.2) is 9.84 Å². The van der Waals surface area contributed by atoms with Crippen LogP contribution in [0, 0.1) is 0 Å². The number of aliphatic hydroxyl groups is 1. The van der Waals surface area contributed by atoms with Gasteiger partial charge in [-0.2, -0.15) is 0 Å². The Hall–Kier alpha value is -2.17. The molecule has 23 heavy (non-hydrogen) atoms. The second-order valence-corrected chi connectivity index (χ2v) is 7.64. The minimum atomic E-state index is -3.17. The van der Waals surface area contributed by atoms with Crippen molar-refractivity contribution < 1.29 is 13.5 Å². The van der Waals surface area contributed by atoms with Crippen molar-refractivity contribution in [3.05, 3.63) is 77.4 Å². The molecule has 0 saturated carbocycles. The van der Waals surface area contributed by atoms with Crippen LogP contribution in [0.3, 0.4) is 0 Å². The van der Waals surface area contributed by atoms with Crippen LogP contribution < -0.4 is 0 Å². The molecule has 0 aromatic heterocycles. The van der Waals surface area contributed by atoms with Crippen LogP contribution >= 0.6 is 0 Å². The first-order chi connectivity index (χ1) is 11.0. The van der Waals surface area contributed by atoms with E-state index in [-0.39, 0.29) is 6.61 Å². The van der Waals surface area contributed by atoms with Crippen LogP contribution in [0.5, 0.6) is 0 Å². The maximum atomic E-state index is 11.6. The highest BCUT2D eigenvalue weighted by Gasteiger charge is 2.15. The molecule has 0 bridgehead atoms. The summed E-state index contributed by atoms with van der Waals surface area (Å²) >= 11 is 0. The highest BCUT2D eigenvalue weighted by molar-refractivity contribution is 7.90. The average Bonchev–Trinajstić information content (AvgIpc) is 3.04. The van der Waals surface area contributed by atoms with Crippen molar-refractivity contribution in [3.8, 4) is 0 Å². The fourth-order valence-electron chi connectivity index (χ4n) is 2.73. The topological polar surface area (TPSA) is 54.4 Å². The molecule has 0 radical (unpaired) electrons. The Kier molecular flexibility index (Phi) is 4.20. The SMILES string of the molecule is CS(=O)(=O)c1ccc(C2=CCC=C2c2ccc(CO)cc2)cc1. The summed E-state index contributed by atoms with van der Waals surface area (Å²) in [6, 6.07) is 14.8. The molecule has 2 aromatic rings. The molecule has 0 saturated heterocycles. The minimum Gasteiger partial charge on any atom is -0.392 e. The van der Waals surface area contributed by atoms with Crippen LogP contribution in [0.2, 0.25) is 0 Å². The Morgan fingerprint density at radius 2 is 1.35 bits per heavy atom. The Morgan fingerprint density at radius 1 is 0.870 bits per heavy atom. The van der Waals surface area contributed by atoms with E-state index < -0.39 is 9.84 Å². The van der Waals surface area contributed by atoms with Crippen LogP contribution in [0.1, 0.15) is 23.1 Å². The van der Waals surface area contributed by atoms with Crippen LogP contribution in [-0.4, -0.2) is 19.8 Å². The lowest BCUT2D eigenvalue weighted by Crippen LogP contribution is -1.97. The second-order valence-electron chi connectivity index (χ2n) is 5.62. The van der Waals surface area contributed by atoms with Gasteiger partial charge >= 0.3 is 0 Å². The third-order valence-corrected chi connectivity index (χ3v) is 5.10. The van der Waals surface area contributed by atoms with E-state index >= 15 is 0 Å². The molecule has 0 spiro atoms. The molecular weight excluding hydrogens is 308 g/mol. The minimum absolute atomic E-state index is 0.0367. The number of hydrogen-bond donors (Lipinski definition) is 1. The van der Waals surface area contributed by atoms with Gasteiger partial charge in [0.25, 0.3) is 0 Å². The fraction of sp³-hybridized carbons (Fsp3) is 0.158. The summed E-state index contributed by atoms with van der Waals surface area (Å²) in [7, 11) is -3.17. The zero-order valence-corrected chi connectivity index (χ0v) is 13.7. The van der Waals surface area contributed by atoms with Gasteiger partial charge in [0.1, 0.15) is 0 Å². The van der Waals surface area contributed by atoms with E-state index in [9.17, 15) is 8.42 Å². The van der Waals surface area contributed by atoms with Gasteiger partial charge in [-0.05, 0) is 46.4 Å². The van der Waals surface area contributed by atoms with Crippen molar-refractivity contribution in [1.82, 2.24) is 0 Å². The van der Waals surface area contributed by atoms with Gasteiger partial charge in [0.05, 0.1) is 11.5 Å². The van der Waals surface area contributed by atoms with Crippen molar-refractivity contribution in [2.24, 2.45) is 0 Å². The standard InChI is InChI=1S/C19H18O3S/c1-23(21,22)17-11-9-16(10-12-17)19-4-2-3-18(19)15-7-5-14(13-20)6-8-15/h3-12,20H,2,13H2,1H3. The summed E-state index contributed by atoms with van der Waals surface area (Å²) in [6.07, 6.45) is 6.38. The number of rotatable bonds is 4. The summed E-state index contributed by atoms with van der Waals surface area (Å²) in [5.74, 6) is 0. The van der Waals surface area contributed by atoms with Gasteiger partial charge in [-0.3, -0.25) is 0 Å². The summed E-state index contributed by atoms with van der Waals surface area (Å²) < 4.78 is 23.1. The molecule has 0 amide bonds. The quantitative estimate of drug-likeness (QED) is 0.936. The first-order valence-corrected chi connectivity index (χ1v) is 9.29. The highest BCUT2D eigenvalue weighted by Crippen LogP contribution is 2.36. The molecule has 0 heterocycles. The summed E-state index contributed by atoms with van der Waals surface area (Å²) in [5.41, 5.74) is 5.24. The molecule has 0 unspecified atom stereocenters. The van der Waals surface area contributed by atoms with Crippen molar-refractivity contribution >= 4 is 21.0 Å². The largest absolute Gasteiger partial charge is 0.392 e. The molecule has 1 N–H and O–H groups in total. The number of sulfone groups is 1.